The zero-order valence-electron chi connectivity index (χ0n) is 14.5. The summed E-state index contributed by atoms with van der Waals surface area (Å²) in [4.78, 5) is 25.9. The van der Waals surface area contributed by atoms with E-state index in [2.05, 4.69) is 0 Å². The third-order valence-corrected chi connectivity index (χ3v) is 4.62. The number of para-hydroxylation sites is 1. The van der Waals surface area contributed by atoms with Gasteiger partial charge in [0.1, 0.15) is 12.1 Å². The highest BCUT2D eigenvalue weighted by Gasteiger charge is 2.40. The maximum Gasteiger partial charge on any atom is 0.352 e. The number of benzene rings is 1. The van der Waals surface area contributed by atoms with Crippen LogP contribution in [-0.4, -0.2) is 32.4 Å². The van der Waals surface area contributed by atoms with Crippen LogP contribution in [0.15, 0.2) is 51.6 Å². The molecule has 1 saturated heterocycles. The average molecular weight is 343 g/mol. The van der Waals surface area contributed by atoms with Crippen LogP contribution in [0.3, 0.4) is 0 Å². The van der Waals surface area contributed by atoms with E-state index in [1.165, 1.54) is 13.9 Å². The van der Waals surface area contributed by atoms with E-state index in [1.54, 1.807) is 24.3 Å². The number of aromatic nitrogens is 3. The van der Waals surface area contributed by atoms with Crippen molar-refractivity contribution in [1.29, 1.82) is 0 Å². The summed E-state index contributed by atoms with van der Waals surface area (Å²) in [7, 11) is 0. The molecule has 0 N–H and O–H groups in total. The number of allylic oxidation sites excluding steroid dienone is 1. The Morgan fingerprint density at radius 3 is 2.48 bits per heavy atom. The number of ether oxygens (including phenoxy) is 2. The van der Waals surface area contributed by atoms with Crippen molar-refractivity contribution in [2.24, 2.45) is 0 Å². The van der Waals surface area contributed by atoms with Crippen molar-refractivity contribution >= 4 is 0 Å². The van der Waals surface area contributed by atoms with Crippen LogP contribution in [0.5, 0.6) is 0 Å². The fourth-order valence-electron chi connectivity index (χ4n) is 3.52. The van der Waals surface area contributed by atoms with Crippen molar-refractivity contribution in [2.75, 3.05) is 6.61 Å². The summed E-state index contributed by atoms with van der Waals surface area (Å²) in [6.45, 7) is 6.41. The van der Waals surface area contributed by atoms with Gasteiger partial charge in [0.15, 0.2) is 5.79 Å². The van der Waals surface area contributed by atoms with Gasteiger partial charge in [0.25, 0.3) is 0 Å². The molecule has 1 aromatic heterocycles. The highest BCUT2D eigenvalue weighted by molar-refractivity contribution is 5.31. The van der Waals surface area contributed by atoms with E-state index in [4.69, 9.17) is 9.47 Å². The molecule has 2 aromatic rings. The predicted molar refractivity (Wildman–Crippen MR) is 92.0 cm³/mol. The molecule has 132 valence electrons. The minimum atomic E-state index is -0.694. The summed E-state index contributed by atoms with van der Waals surface area (Å²) in [6.07, 6.45) is 1.67. The molecule has 25 heavy (non-hydrogen) atoms. The van der Waals surface area contributed by atoms with Crippen molar-refractivity contribution in [3.8, 4) is 5.69 Å². The van der Waals surface area contributed by atoms with Crippen LogP contribution in [0.4, 0.5) is 0 Å². The van der Waals surface area contributed by atoms with Gasteiger partial charge < -0.3 is 9.47 Å². The SMILES string of the molecule is CC1=CC([C@H]2COC(C)(C)O2)n2c(=O)n(-c3ccccc3)c(=O)n2C1. The largest absolute Gasteiger partial charge is 0.352 e. The number of nitrogens with zero attached hydrogens (tertiary/aromatic N) is 3. The van der Waals surface area contributed by atoms with E-state index in [0.717, 1.165) is 5.57 Å². The second-order valence-corrected chi connectivity index (χ2v) is 7.01. The molecule has 2 atom stereocenters. The molecule has 0 bridgehead atoms. The highest BCUT2D eigenvalue weighted by Crippen LogP contribution is 2.31. The number of rotatable bonds is 2. The smallest absolute Gasteiger partial charge is 0.348 e. The van der Waals surface area contributed by atoms with Gasteiger partial charge in [-0.15, -0.1) is 0 Å². The first kappa shape index (κ1) is 16.1. The lowest BCUT2D eigenvalue weighted by molar-refractivity contribution is -0.142. The first-order valence-electron chi connectivity index (χ1n) is 8.36. The Morgan fingerprint density at radius 2 is 1.84 bits per heavy atom. The molecule has 0 amide bonds. The van der Waals surface area contributed by atoms with Crippen LogP contribution in [0.1, 0.15) is 26.8 Å². The molecular weight excluding hydrogens is 322 g/mol. The molecule has 3 heterocycles. The van der Waals surface area contributed by atoms with Crippen molar-refractivity contribution in [2.45, 2.75) is 45.2 Å². The topological polar surface area (TPSA) is 67.4 Å². The van der Waals surface area contributed by atoms with Gasteiger partial charge in [-0.25, -0.2) is 23.5 Å². The molecule has 0 spiro atoms. The Hall–Kier alpha value is -2.38. The summed E-state index contributed by atoms with van der Waals surface area (Å²) in [5.41, 5.74) is 0.878. The second-order valence-electron chi connectivity index (χ2n) is 7.01. The van der Waals surface area contributed by atoms with Crippen LogP contribution in [0, 0.1) is 0 Å². The standard InChI is InChI=1S/C18H21N3O4/c1-12-9-14(15-11-24-18(2,3)25-15)21-17(23)20(16(22)19(21)10-12)13-7-5-4-6-8-13/h4-9,14-15H,10-11H2,1-3H3/t14?,15-/m1/s1. The van der Waals surface area contributed by atoms with Crippen LogP contribution in [0.25, 0.3) is 5.69 Å². The third-order valence-electron chi connectivity index (χ3n) is 4.62. The average Bonchev–Trinajstić information content (AvgIpc) is 3.05. The molecule has 7 nitrogen and oxygen atoms in total. The molecular formula is C18H21N3O4. The minimum absolute atomic E-state index is 0.319. The molecule has 2 aliphatic heterocycles. The Kier molecular flexibility index (Phi) is 3.59. The molecule has 1 fully saturated rings. The van der Waals surface area contributed by atoms with Gasteiger partial charge in [-0.2, -0.15) is 0 Å². The molecule has 2 aliphatic rings. The second kappa shape index (κ2) is 5.57. The summed E-state index contributed by atoms with van der Waals surface area (Å²) in [5, 5.41) is 0. The fourth-order valence-corrected chi connectivity index (χ4v) is 3.52. The van der Waals surface area contributed by atoms with Crippen LogP contribution in [0.2, 0.25) is 0 Å². The first-order chi connectivity index (χ1) is 11.9. The zero-order chi connectivity index (χ0) is 17.8. The van der Waals surface area contributed by atoms with E-state index >= 15 is 0 Å². The summed E-state index contributed by atoms with van der Waals surface area (Å²) in [5.74, 6) is -0.694. The predicted octanol–water partition coefficient (Wildman–Crippen LogP) is 1.45. The van der Waals surface area contributed by atoms with Crippen molar-refractivity contribution in [3.63, 3.8) is 0 Å². The summed E-state index contributed by atoms with van der Waals surface area (Å²) >= 11 is 0. The van der Waals surface area contributed by atoms with Crippen molar-refractivity contribution < 1.29 is 9.47 Å². The molecule has 1 unspecified atom stereocenters. The molecule has 0 aliphatic carbocycles. The van der Waals surface area contributed by atoms with Gasteiger partial charge in [0.2, 0.25) is 0 Å². The van der Waals surface area contributed by atoms with E-state index < -0.39 is 5.79 Å². The van der Waals surface area contributed by atoms with Gasteiger partial charge in [0.05, 0.1) is 18.8 Å². The Bertz CT molecular complexity index is 949. The maximum atomic E-state index is 13.0. The Labute approximate surface area is 144 Å². The molecule has 0 radical (unpaired) electrons. The lowest BCUT2D eigenvalue weighted by atomic mass is 10.1. The Balaban J connectivity index is 1.86. The lowest BCUT2D eigenvalue weighted by Gasteiger charge is -2.27. The maximum absolute atomic E-state index is 13.0. The van der Waals surface area contributed by atoms with Crippen molar-refractivity contribution in [1.82, 2.24) is 13.9 Å². The van der Waals surface area contributed by atoms with E-state index in [-0.39, 0.29) is 23.5 Å². The van der Waals surface area contributed by atoms with E-state index in [0.29, 0.717) is 18.8 Å². The Morgan fingerprint density at radius 1 is 1.12 bits per heavy atom. The van der Waals surface area contributed by atoms with Crippen LogP contribution < -0.4 is 11.4 Å². The first-order valence-corrected chi connectivity index (χ1v) is 8.36. The van der Waals surface area contributed by atoms with Crippen LogP contribution >= 0.6 is 0 Å². The number of hydrogen-bond acceptors (Lipinski definition) is 4. The molecule has 4 rings (SSSR count). The van der Waals surface area contributed by atoms with E-state index in [9.17, 15) is 9.59 Å². The molecule has 1 aromatic carbocycles. The van der Waals surface area contributed by atoms with Gasteiger partial charge in [-0.3, -0.25) is 0 Å². The monoisotopic (exact) mass is 343 g/mol. The summed E-state index contributed by atoms with van der Waals surface area (Å²) in [6, 6.07) is 8.59. The fraction of sp³-hybridized carbons (Fsp3) is 0.444. The van der Waals surface area contributed by atoms with E-state index in [1.807, 2.05) is 32.9 Å². The van der Waals surface area contributed by atoms with Gasteiger partial charge in [-0.05, 0) is 32.9 Å². The number of fused-ring (bicyclic) bond motifs is 1. The molecule has 7 heteroatoms. The van der Waals surface area contributed by atoms with Gasteiger partial charge in [0, 0.05) is 0 Å². The summed E-state index contributed by atoms with van der Waals surface area (Å²) < 4.78 is 15.8. The normalized spacial score (nSPS) is 24.8. The third kappa shape index (κ3) is 2.60. The zero-order valence-corrected chi connectivity index (χ0v) is 14.5. The lowest BCUT2D eigenvalue weighted by Crippen LogP contribution is -2.40. The quantitative estimate of drug-likeness (QED) is 0.774. The minimum Gasteiger partial charge on any atom is -0.348 e. The number of hydrogen-bond donors (Lipinski definition) is 0. The highest BCUT2D eigenvalue weighted by atomic mass is 16.7. The van der Waals surface area contributed by atoms with Gasteiger partial charge >= 0.3 is 11.4 Å². The van der Waals surface area contributed by atoms with Crippen LogP contribution in [-0.2, 0) is 16.0 Å². The molecule has 0 saturated carbocycles. The van der Waals surface area contributed by atoms with Crippen molar-refractivity contribution in [3.05, 3.63) is 62.9 Å². The van der Waals surface area contributed by atoms with Gasteiger partial charge in [-0.1, -0.05) is 29.8 Å².